The molecule has 0 unspecified atom stereocenters. The standard InChI is InChI=1S/C17H24N6/c1-12-18-19-16-4-5-17(20-23(12)16)22-8-6-21(7-9-22)15-11-13-2-3-14(15)10-13/h4-5,13-15H,2-3,6-11H2,1H3/t13-,14-,15+/m0/s1. The molecular weight excluding hydrogens is 288 g/mol. The number of piperazine rings is 1. The van der Waals surface area contributed by atoms with Crippen molar-refractivity contribution in [3.8, 4) is 0 Å². The van der Waals surface area contributed by atoms with Crippen LogP contribution in [0.3, 0.4) is 0 Å². The first-order valence-corrected chi connectivity index (χ1v) is 8.96. The van der Waals surface area contributed by atoms with Crippen molar-refractivity contribution in [1.82, 2.24) is 24.7 Å². The third kappa shape index (κ3) is 2.23. The van der Waals surface area contributed by atoms with Gasteiger partial charge in [-0.25, -0.2) is 0 Å². The third-order valence-corrected chi connectivity index (χ3v) is 6.21. The predicted octanol–water partition coefficient (Wildman–Crippen LogP) is 1.74. The highest BCUT2D eigenvalue weighted by Gasteiger charge is 2.42. The second-order valence-corrected chi connectivity index (χ2v) is 7.47. The van der Waals surface area contributed by atoms with Gasteiger partial charge in [0.15, 0.2) is 11.5 Å². The summed E-state index contributed by atoms with van der Waals surface area (Å²) in [6.07, 6.45) is 5.91. The summed E-state index contributed by atoms with van der Waals surface area (Å²) >= 11 is 0. The Hall–Kier alpha value is -1.69. The molecule has 6 heteroatoms. The molecule has 1 saturated heterocycles. The van der Waals surface area contributed by atoms with Gasteiger partial charge in [0.2, 0.25) is 0 Å². The number of fused-ring (bicyclic) bond motifs is 3. The van der Waals surface area contributed by atoms with E-state index in [2.05, 4.69) is 26.1 Å². The van der Waals surface area contributed by atoms with E-state index in [0.29, 0.717) is 0 Å². The van der Waals surface area contributed by atoms with Crippen molar-refractivity contribution >= 4 is 11.5 Å². The third-order valence-electron chi connectivity index (χ3n) is 6.21. The van der Waals surface area contributed by atoms with Crippen LogP contribution in [0.15, 0.2) is 12.1 Å². The Bertz CT molecular complexity index is 717. The zero-order chi connectivity index (χ0) is 15.4. The van der Waals surface area contributed by atoms with Crippen LogP contribution in [-0.4, -0.2) is 56.9 Å². The quantitative estimate of drug-likeness (QED) is 0.845. The van der Waals surface area contributed by atoms with E-state index in [-0.39, 0.29) is 0 Å². The van der Waals surface area contributed by atoms with E-state index < -0.39 is 0 Å². The van der Waals surface area contributed by atoms with Gasteiger partial charge in [-0.15, -0.1) is 15.3 Å². The van der Waals surface area contributed by atoms with Crippen molar-refractivity contribution in [2.24, 2.45) is 11.8 Å². The minimum absolute atomic E-state index is 0.826. The second-order valence-electron chi connectivity index (χ2n) is 7.47. The van der Waals surface area contributed by atoms with Gasteiger partial charge in [-0.05, 0) is 50.2 Å². The molecule has 0 amide bonds. The zero-order valence-electron chi connectivity index (χ0n) is 13.7. The Morgan fingerprint density at radius 3 is 2.61 bits per heavy atom. The van der Waals surface area contributed by atoms with Crippen LogP contribution in [0.5, 0.6) is 0 Å². The van der Waals surface area contributed by atoms with E-state index in [4.69, 9.17) is 5.10 Å². The van der Waals surface area contributed by atoms with Gasteiger partial charge < -0.3 is 4.90 Å². The number of aryl methyl sites for hydroxylation is 1. The van der Waals surface area contributed by atoms with Crippen molar-refractivity contribution in [3.05, 3.63) is 18.0 Å². The summed E-state index contributed by atoms with van der Waals surface area (Å²) in [6.45, 7) is 6.45. The average molecular weight is 312 g/mol. The molecule has 1 aliphatic heterocycles. The SMILES string of the molecule is Cc1nnc2ccc(N3CCN([C@@H]4C[C@H]5CC[C@H]4C5)CC3)nn12. The van der Waals surface area contributed by atoms with Gasteiger partial charge in [-0.2, -0.15) is 4.52 Å². The molecule has 0 aromatic carbocycles. The molecule has 0 N–H and O–H groups in total. The molecule has 3 atom stereocenters. The van der Waals surface area contributed by atoms with Gasteiger partial charge >= 0.3 is 0 Å². The Labute approximate surface area is 136 Å². The van der Waals surface area contributed by atoms with Gasteiger partial charge in [-0.3, -0.25) is 4.90 Å². The van der Waals surface area contributed by atoms with Crippen molar-refractivity contribution in [1.29, 1.82) is 0 Å². The van der Waals surface area contributed by atoms with Gasteiger partial charge in [0.1, 0.15) is 5.82 Å². The fraction of sp³-hybridized carbons (Fsp3) is 0.706. The molecule has 0 spiro atoms. The first-order valence-electron chi connectivity index (χ1n) is 8.96. The molecule has 2 aromatic rings. The highest BCUT2D eigenvalue weighted by molar-refractivity contribution is 5.46. The lowest BCUT2D eigenvalue weighted by molar-refractivity contribution is 0.134. The molecule has 3 fully saturated rings. The lowest BCUT2D eigenvalue weighted by Gasteiger charge is -2.41. The first kappa shape index (κ1) is 13.7. The van der Waals surface area contributed by atoms with Gasteiger partial charge in [0.05, 0.1) is 0 Å². The topological polar surface area (TPSA) is 49.6 Å². The number of hydrogen-bond donors (Lipinski definition) is 0. The van der Waals surface area contributed by atoms with Crippen molar-refractivity contribution < 1.29 is 0 Å². The summed E-state index contributed by atoms with van der Waals surface area (Å²) in [5.41, 5.74) is 0.826. The molecule has 5 rings (SSSR count). The molecule has 2 bridgehead atoms. The van der Waals surface area contributed by atoms with Crippen molar-refractivity contribution in [2.45, 2.75) is 38.6 Å². The van der Waals surface area contributed by atoms with Crippen LogP contribution in [0.25, 0.3) is 5.65 Å². The van der Waals surface area contributed by atoms with Crippen LogP contribution < -0.4 is 4.90 Å². The average Bonchev–Trinajstić information content (AvgIpc) is 3.31. The molecule has 2 aromatic heterocycles. The summed E-state index contributed by atoms with van der Waals surface area (Å²) in [4.78, 5) is 5.16. The van der Waals surface area contributed by atoms with Gasteiger partial charge in [-0.1, -0.05) is 6.42 Å². The molecule has 6 nitrogen and oxygen atoms in total. The highest BCUT2D eigenvalue weighted by atomic mass is 15.4. The number of anilines is 1. The molecule has 122 valence electrons. The summed E-state index contributed by atoms with van der Waals surface area (Å²) in [5.74, 6) is 3.92. The number of rotatable bonds is 2. The van der Waals surface area contributed by atoms with Crippen molar-refractivity contribution in [2.75, 3.05) is 31.1 Å². The Balaban J connectivity index is 1.29. The molecular formula is C17H24N6. The molecule has 2 saturated carbocycles. The summed E-state index contributed by atoms with van der Waals surface area (Å²) in [6, 6.07) is 4.97. The monoisotopic (exact) mass is 312 g/mol. The second kappa shape index (κ2) is 5.16. The van der Waals surface area contributed by atoms with Crippen LogP contribution in [0.2, 0.25) is 0 Å². The number of nitrogens with zero attached hydrogens (tertiary/aromatic N) is 6. The Kier molecular flexibility index (Phi) is 3.08. The van der Waals surface area contributed by atoms with E-state index in [1.165, 1.54) is 38.8 Å². The largest absolute Gasteiger partial charge is 0.353 e. The summed E-state index contributed by atoms with van der Waals surface area (Å²) in [5, 5.41) is 12.9. The van der Waals surface area contributed by atoms with E-state index in [0.717, 1.165) is 48.3 Å². The molecule has 3 heterocycles. The number of aromatic nitrogens is 4. The van der Waals surface area contributed by atoms with E-state index in [9.17, 15) is 0 Å². The normalized spacial score (nSPS) is 31.3. The maximum Gasteiger partial charge on any atom is 0.178 e. The lowest BCUT2D eigenvalue weighted by atomic mass is 9.93. The molecule has 23 heavy (non-hydrogen) atoms. The highest BCUT2D eigenvalue weighted by Crippen LogP contribution is 2.46. The lowest BCUT2D eigenvalue weighted by Crippen LogP contribution is -2.52. The fourth-order valence-electron chi connectivity index (χ4n) is 5.00. The summed E-state index contributed by atoms with van der Waals surface area (Å²) in [7, 11) is 0. The van der Waals surface area contributed by atoms with Crippen LogP contribution in [0.4, 0.5) is 5.82 Å². The Morgan fingerprint density at radius 1 is 1.00 bits per heavy atom. The van der Waals surface area contributed by atoms with Crippen LogP contribution in [0.1, 0.15) is 31.5 Å². The van der Waals surface area contributed by atoms with Crippen molar-refractivity contribution in [3.63, 3.8) is 0 Å². The fourth-order valence-corrected chi connectivity index (χ4v) is 5.00. The van der Waals surface area contributed by atoms with Crippen LogP contribution in [-0.2, 0) is 0 Å². The van der Waals surface area contributed by atoms with E-state index in [1.54, 1.807) is 0 Å². The first-order chi connectivity index (χ1) is 11.3. The maximum atomic E-state index is 4.72. The minimum Gasteiger partial charge on any atom is -0.353 e. The van der Waals surface area contributed by atoms with E-state index in [1.807, 2.05) is 17.5 Å². The minimum atomic E-state index is 0.826. The smallest absolute Gasteiger partial charge is 0.178 e. The van der Waals surface area contributed by atoms with Crippen LogP contribution in [0, 0.1) is 18.8 Å². The molecule has 2 aliphatic carbocycles. The zero-order valence-corrected chi connectivity index (χ0v) is 13.7. The predicted molar refractivity (Wildman–Crippen MR) is 88.5 cm³/mol. The van der Waals surface area contributed by atoms with Gasteiger partial charge in [0.25, 0.3) is 0 Å². The summed E-state index contributed by atoms with van der Waals surface area (Å²) < 4.78 is 1.84. The van der Waals surface area contributed by atoms with E-state index >= 15 is 0 Å². The van der Waals surface area contributed by atoms with Crippen LogP contribution >= 0.6 is 0 Å². The number of hydrogen-bond acceptors (Lipinski definition) is 5. The Morgan fingerprint density at radius 2 is 1.87 bits per heavy atom. The molecule has 3 aliphatic rings. The van der Waals surface area contributed by atoms with Gasteiger partial charge in [0, 0.05) is 32.2 Å². The maximum absolute atomic E-state index is 4.72. The molecule has 0 radical (unpaired) electrons.